The molecule has 0 aromatic carbocycles. The van der Waals surface area contributed by atoms with Gasteiger partial charge in [0.15, 0.2) is 5.96 Å². The normalized spacial score (nSPS) is 17.2. The molecular formula is C18H33N5S. The Morgan fingerprint density at radius 1 is 1.21 bits per heavy atom. The molecule has 1 saturated heterocycles. The highest BCUT2D eigenvalue weighted by Crippen LogP contribution is 2.16. The van der Waals surface area contributed by atoms with Crippen molar-refractivity contribution in [1.29, 1.82) is 0 Å². The first-order valence-electron chi connectivity index (χ1n) is 9.15. The van der Waals surface area contributed by atoms with Crippen molar-refractivity contribution in [2.24, 2.45) is 4.99 Å². The molecule has 1 aliphatic heterocycles. The minimum Gasteiger partial charge on any atom is -0.357 e. The Morgan fingerprint density at radius 3 is 2.67 bits per heavy atom. The lowest BCUT2D eigenvalue weighted by Gasteiger charge is -2.32. The molecule has 0 unspecified atom stereocenters. The number of nitrogens with one attached hydrogen (secondary N) is 2. The lowest BCUT2D eigenvalue weighted by molar-refractivity contribution is 0.152. The van der Waals surface area contributed by atoms with Gasteiger partial charge in [0.05, 0.1) is 6.54 Å². The van der Waals surface area contributed by atoms with Crippen LogP contribution >= 0.6 is 11.3 Å². The van der Waals surface area contributed by atoms with Gasteiger partial charge < -0.3 is 20.4 Å². The molecule has 0 radical (unpaired) electrons. The van der Waals surface area contributed by atoms with E-state index in [0.717, 1.165) is 25.6 Å². The summed E-state index contributed by atoms with van der Waals surface area (Å²) in [6.07, 6.45) is 2.44. The minimum absolute atomic E-state index is 0.764. The van der Waals surface area contributed by atoms with Gasteiger partial charge in [-0.15, -0.1) is 11.3 Å². The third-order valence-electron chi connectivity index (χ3n) is 4.48. The SMILES string of the molecule is CCNC(=NCc1sccc1C)NCCCCN1CCN(C)CC1. The predicted octanol–water partition coefficient (Wildman–Crippen LogP) is 2.14. The Labute approximate surface area is 151 Å². The number of aryl methyl sites for hydroxylation is 1. The van der Waals surface area contributed by atoms with Gasteiger partial charge in [-0.05, 0) is 57.3 Å². The Balaban J connectivity index is 1.63. The van der Waals surface area contributed by atoms with Gasteiger partial charge in [-0.1, -0.05) is 0 Å². The standard InChI is InChI=1S/C18H33N5S/c1-4-19-18(21-15-17-16(2)7-14-24-17)20-8-5-6-9-23-12-10-22(3)11-13-23/h7,14H,4-6,8-13,15H2,1-3H3,(H2,19,20,21). The molecule has 24 heavy (non-hydrogen) atoms. The van der Waals surface area contributed by atoms with E-state index in [9.17, 15) is 0 Å². The van der Waals surface area contributed by atoms with E-state index < -0.39 is 0 Å². The van der Waals surface area contributed by atoms with Gasteiger partial charge >= 0.3 is 0 Å². The van der Waals surface area contributed by atoms with Crippen LogP contribution in [0.5, 0.6) is 0 Å². The number of thiophene rings is 1. The third kappa shape index (κ3) is 6.79. The largest absolute Gasteiger partial charge is 0.357 e. The summed E-state index contributed by atoms with van der Waals surface area (Å²) in [6.45, 7) is 13.0. The Bertz CT molecular complexity index is 491. The molecule has 0 saturated carbocycles. The van der Waals surface area contributed by atoms with Gasteiger partial charge in [0.25, 0.3) is 0 Å². The second-order valence-electron chi connectivity index (χ2n) is 6.50. The molecule has 136 valence electrons. The predicted molar refractivity (Wildman–Crippen MR) is 105 cm³/mol. The van der Waals surface area contributed by atoms with Crippen LogP contribution in [-0.4, -0.2) is 68.6 Å². The van der Waals surface area contributed by atoms with Gasteiger partial charge in [-0.25, -0.2) is 4.99 Å². The number of guanidine groups is 1. The lowest BCUT2D eigenvalue weighted by Crippen LogP contribution is -2.44. The maximum Gasteiger partial charge on any atom is 0.191 e. The molecule has 1 fully saturated rings. The van der Waals surface area contributed by atoms with E-state index in [1.807, 2.05) is 0 Å². The third-order valence-corrected chi connectivity index (χ3v) is 5.49. The summed E-state index contributed by atoms with van der Waals surface area (Å²) in [5.41, 5.74) is 1.34. The van der Waals surface area contributed by atoms with Crippen LogP contribution in [0.3, 0.4) is 0 Å². The second kappa shape index (κ2) is 10.7. The monoisotopic (exact) mass is 351 g/mol. The number of likely N-dealkylation sites (N-methyl/N-ethyl adjacent to an activating group) is 1. The number of piperazine rings is 1. The number of hydrogen-bond donors (Lipinski definition) is 2. The zero-order valence-electron chi connectivity index (χ0n) is 15.5. The van der Waals surface area contributed by atoms with E-state index in [4.69, 9.17) is 4.99 Å². The summed E-state index contributed by atoms with van der Waals surface area (Å²) in [4.78, 5) is 11.0. The van der Waals surface area contributed by atoms with Crippen molar-refractivity contribution in [3.8, 4) is 0 Å². The van der Waals surface area contributed by atoms with Crippen LogP contribution in [-0.2, 0) is 6.54 Å². The van der Waals surface area contributed by atoms with Crippen molar-refractivity contribution >= 4 is 17.3 Å². The van der Waals surface area contributed by atoms with E-state index >= 15 is 0 Å². The second-order valence-corrected chi connectivity index (χ2v) is 7.50. The fourth-order valence-electron chi connectivity index (χ4n) is 2.80. The minimum atomic E-state index is 0.764. The highest BCUT2D eigenvalue weighted by Gasteiger charge is 2.12. The molecule has 1 aromatic heterocycles. The zero-order chi connectivity index (χ0) is 17.2. The summed E-state index contributed by atoms with van der Waals surface area (Å²) >= 11 is 1.79. The number of unbranched alkanes of at least 4 members (excludes halogenated alkanes) is 1. The van der Waals surface area contributed by atoms with Crippen molar-refractivity contribution in [3.05, 3.63) is 21.9 Å². The summed E-state index contributed by atoms with van der Waals surface area (Å²) < 4.78 is 0. The highest BCUT2D eigenvalue weighted by molar-refractivity contribution is 7.10. The highest BCUT2D eigenvalue weighted by atomic mass is 32.1. The Hall–Kier alpha value is -1.11. The molecule has 0 amide bonds. The average Bonchev–Trinajstić information content (AvgIpc) is 2.99. The van der Waals surface area contributed by atoms with Gasteiger partial charge in [0.1, 0.15) is 0 Å². The number of aliphatic imine (C=N–C) groups is 1. The fraction of sp³-hybridized carbons (Fsp3) is 0.722. The number of hydrogen-bond acceptors (Lipinski definition) is 4. The molecule has 6 heteroatoms. The van der Waals surface area contributed by atoms with Crippen molar-refractivity contribution in [2.75, 3.05) is 52.9 Å². The van der Waals surface area contributed by atoms with Crippen molar-refractivity contribution in [1.82, 2.24) is 20.4 Å². The first kappa shape index (κ1) is 19.2. The zero-order valence-corrected chi connectivity index (χ0v) is 16.3. The number of nitrogens with zero attached hydrogens (tertiary/aromatic N) is 3. The van der Waals surface area contributed by atoms with Gasteiger partial charge in [0.2, 0.25) is 0 Å². The fourth-order valence-corrected chi connectivity index (χ4v) is 3.63. The van der Waals surface area contributed by atoms with E-state index in [2.05, 4.69) is 52.8 Å². The quantitative estimate of drug-likeness (QED) is 0.428. The van der Waals surface area contributed by atoms with E-state index in [1.165, 1.54) is 56.0 Å². The van der Waals surface area contributed by atoms with Crippen LogP contribution < -0.4 is 10.6 Å². The number of rotatable bonds is 8. The van der Waals surface area contributed by atoms with Crippen LogP contribution in [0.25, 0.3) is 0 Å². The van der Waals surface area contributed by atoms with Crippen LogP contribution in [0.4, 0.5) is 0 Å². The van der Waals surface area contributed by atoms with Gasteiger partial charge in [-0.3, -0.25) is 0 Å². The molecular weight excluding hydrogens is 318 g/mol. The van der Waals surface area contributed by atoms with Crippen LogP contribution in [0.15, 0.2) is 16.4 Å². The van der Waals surface area contributed by atoms with Gasteiger partial charge in [0, 0.05) is 44.1 Å². The van der Waals surface area contributed by atoms with E-state index in [-0.39, 0.29) is 0 Å². The smallest absolute Gasteiger partial charge is 0.191 e. The lowest BCUT2D eigenvalue weighted by atomic mass is 10.2. The average molecular weight is 352 g/mol. The molecule has 0 atom stereocenters. The molecule has 1 aliphatic rings. The van der Waals surface area contributed by atoms with Crippen LogP contribution in [0.1, 0.15) is 30.2 Å². The van der Waals surface area contributed by atoms with Crippen LogP contribution in [0.2, 0.25) is 0 Å². The summed E-state index contributed by atoms with van der Waals surface area (Å²) in [5, 5.41) is 8.94. The summed E-state index contributed by atoms with van der Waals surface area (Å²) in [6, 6.07) is 2.16. The summed E-state index contributed by atoms with van der Waals surface area (Å²) in [5.74, 6) is 0.935. The Kier molecular flexibility index (Phi) is 8.56. The molecule has 0 aliphatic carbocycles. The molecule has 2 heterocycles. The molecule has 0 bridgehead atoms. The van der Waals surface area contributed by atoms with E-state index in [1.54, 1.807) is 11.3 Å². The first-order chi connectivity index (χ1) is 11.7. The van der Waals surface area contributed by atoms with Crippen molar-refractivity contribution < 1.29 is 0 Å². The first-order valence-corrected chi connectivity index (χ1v) is 10.0. The summed E-state index contributed by atoms with van der Waals surface area (Å²) in [7, 11) is 2.21. The van der Waals surface area contributed by atoms with Crippen LogP contribution in [0, 0.1) is 6.92 Å². The topological polar surface area (TPSA) is 42.9 Å². The molecule has 1 aromatic rings. The Morgan fingerprint density at radius 2 is 2.00 bits per heavy atom. The molecule has 2 rings (SSSR count). The van der Waals surface area contributed by atoms with Gasteiger partial charge in [-0.2, -0.15) is 0 Å². The molecule has 0 spiro atoms. The van der Waals surface area contributed by atoms with Crippen molar-refractivity contribution in [3.63, 3.8) is 0 Å². The molecule has 2 N–H and O–H groups in total. The molecule has 5 nitrogen and oxygen atoms in total. The maximum atomic E-state index is 4.70. The maximum absolute atomic E-state index is 4.70. The van der Waals surface area contributed by atoms with E-state index in [0.29, 0.717) is 0 Å². The van der Waals surface area contributed by atoms with Crippen molar-refractivity contribution in [2.45, 2.75) is 33.2 Å².